The Morgan fingerprint density at radius 3 is 2.76 bits per heavy atom. The minimum Gasteiger partial charge on any atom is -0.496 e. The highest BCUT2D eigenvalue weighted by Crippen LogP contribution is 2.30. The monoisotopic (exact) mass is 627 g/mol. The number of amides is 3. The number of carbonyl (C=O) groups is 3. The van der Waals surface area contributed by atoms with Gasteiger partial charge in [0, 0.05) is 49.0 Å². The van der Waals surface area contributed by atoms with Crippen molar-refractivity contribution >= 4 is 23.4 Å². The van der Waals surface area contributed by atoms with E-state index in [0.717, 1.165) is 6.42 Å². The smallest absolute Gasteiger partial charge is 0.271 e. The van der Waals surface area contributed by atoms with Crippen molar-refractivity contribution in [3.63, 3.8) is 0 Å². The maximum Gasteiger partial charge on any atom is 0.271 e. The van der Waals surface area contributed by atoms with E-state index in [1.807, 2.05) is 0 Å². The zero-order valence-electron chi connectivity index (χ0n) is 25.4. The van der Waals surface area contributed by atoms with E-state index < -0.39 is 28.7 Å². The van der Waals surface area contributed by atoms with Gasteiger partial charge in [-0.3, -0.25) is 29.5 Å². The summed E-state index contributed by atoms with van der Waals surface area (Å²) in [4.78, 5) is 55.9. The summed E-state index contributed by atoms with van der Waals surface area (Å²) >= 11 is 0. The Labute approximate surface area is 264 Å². The predicted octanol–water partition coefficient (Wildman–Crippen LogP) is 1.73. The first-order valence-electron chi connectivity index (χ1n) is 14.8. The predicted molar refractivity (Wildman–Crippen MR) is 165 cm³/mol. The lowest BCUT2D eigenvalue weighted by molar-refractivity contribution is -0.514. The fourth-order valence-electron chi connectivity index (χ4n) is 5.72. The van der Waals surface area contributed by atoms with Crippen LogP contribution in [0.1, 0.15) is 36.2 Å². The summed E-state index contributed by atoms with van der Waals surface area (Å²) in [6.07, 6.45) is 8.12. The van der Waals surface area contributed by atoms with Crippen LogP contribution in [0.3, 0.4) is 0 Å². The lowest BCUT2D eigenvalue weighted by Gasteiger charge is -2.27. The second-order valence-electron chi connectivity index (χ2n) is 11.0. The Balaban J connectivity index is 1.26. The van der Waals surface area contributed by atoms with Gasteiger partial charge in [0.05, 0.1) is 43.1 Å². The number of nitro groups is 1. The van der Waals surface area contributed by atoms with E-state index in [0.29, 0.717) is 42.0 Å². The van der Waals surface area contributed by atoms with Crippen LogP contribution in [0.15, 0.2) is 64.8 Å². The van der Waals surface area contributed by atoms with Crippen molar-refractivity contribution in [2.45, 2.75) is 37.8 Å². The van der Waals surface area contributed by atoms with Crippen molar-refractivity contribution in [1.29, 1.82) is 5.26 Å². The Morgan fingerprint density at radius 1 is 1.28 bits per heavy atom. The van der Waals surface area contributed by atoms with Crippen molar-refractivity contribution in [2.24, 2.45) is 18.0 Å². The van der Waals surface area contributed by atoms with Crippen LogP contribution in [-0.2, 0) is 16.6 Å². The van der Waals surface area contributed by atoms with E-state index in [1.54, 1.807) is 54.4 Å². The molecule has 0 spiro atoms. The third-order valence-electron chi connectivity index (χ3n) is 8.09. The first kappa shape index (κ1) is 31.8. The van der Waals surface area contributed by atoms with E-state index in [-0.39, 0.29) is 48.6 Å². The number of carbonyl (C=O) groups excluding carboxylic acids is 3. The number of hydrogen-bond acceptors (Lipinski definition) is 10. The molecule has 3 atom stereocenters. The van der Waals surface area contributed by atoms with Gasteiger partial charge in [0.1, 0.15) is 11.4 Å². The maximum absolute atomic E-state index is 13.1. The van der Waals surface area contributed by atoms with Gasteiger partial charge in [0.25, 0.3) is 17.9 Å². The molecule has 1 aromatic heterocycles. The zero-order valence-corrected chi connectivity index (χ0v) is 25.4. The van der Waals surface area contributed by atoms with E-state index in [9.17, 15) is 29.8 Å². The summed E-state index contributed by atoms with van der Waals surface area (Å²) in [6.45, 7) is 0.834. The molecule has 1 aliphatic heterocycles. The molecule has 3 aliphatic rings. The number of likely N-dealkylation sites (tertiary alicyclic amines) is 1. The first-order chi connectivity index (χ1) is 22.2. The molecule has 5 rings (SSSR count). The van der Waals surface area contributed by atoms with Crippen molar-refractivity contribution in [1.82, 2.24) is 30.5 Å². The van der Waals surface area contributed by atoms with E-state index in [1.165, 1.54) is 17.9 Å². The third-order valence-corrected chi connectivity index (χ3v) is 8.09. The average Bonchev–Trinajstić information content (AvgIpc) is 3.67. The van der Waals surface area contributed by atoms with Gasteiger partial charge in [-0.2, -0.15) is 5.26 Å². The number of para-hydroxylation sites is 1. The summed E-state index contributed by atoms with van der Waals surface area (Å²) in [6, 6.07) is 7.75. The molecule has 0 saturated carbocycles. The van der Waals surface area contributed by atoms with E-state index in [2.05, 4.69) is 32.0 Å². The molecule has 0 bridgehead atoms. The summed E-state index contributed by atoms with van der Waals surface area (Å²) in [5, 5.41) is 35.2. The number of ether oxygens (including phenoxy) is 1. The Bertz CT molecular complexity index is 1720. The number of rotatable bonds is 10. The Morgan fingerprint density at radius 2 is 2.09 bits per heavy atom. The number of allylic oxidation sites excluding steroid dienone is 1. The molecule has 3 amide bonds. The van der Waals surface area contributed by atoms with Gasteiger partial charge in [-0.05, 0) is 31.1 Å². The highest BCUT2D eigenvalue weighted by molar-refractivity contribution is 6.03. The summed E-state index contributed by atoms with van der Waals surface area (Å²) in [7, 11) is 3.12. The standard InChI is InChI=1S/C31H33N9O6/c1-38-29(28(36-37-38)22-6-3-4-7-26(22)46-2)31(43)34-14-13-33-23-17-24(25(40(44)45)16-20(23)18-32)35-30(42)19-9-11-21(12-10-19)39-15-5-8-27(39)41/h3-4,6-7,9-11,17,20-21,25H,5,8,12-16H2,1-2H3,(H,34,43)(H,35,42). The van der Waals surface area contributed by atoms with Crippen LogP contribution >= 0.6 is 0 Å². The van der Waals surface area contributed by atoms with Gasteiger partial charge in [0.15, 0.2) is 5.69 Å². The van der Waals surface area contributed by atoms with Crippen molar-refractivity contribution in [3.8, 4) is 23.1 Å². The number of hydrogen-bond donors (Lipinski definition) is 2. The van der Waals surface area contributed by atoms with E-state index in [4.69, 9.17) is 4.74 Å². The van der Waals surface area contributed by atoms with Crippen molar-refractivity contribution in [3.05, 3.63) is 75.6 Å². The van der Waals surface area contributed by atoms with Gasteiger partial charge in [0.2, 0.25) is 5.91 Å². The Kier molecular flexibility index (Phi) is 9.65. The highest BCUT2D eigenvalue weighted by Gasteiger charge is 2.37. The molecule has 2 aromatic rings. The van der Waals surface area contributed by atoms with Crippen LogP contribution in [-0.4, -0.2) is 87.1 Å². The minimum atomic E-state index is -1.30. The zero-order chi connectivity index (χ0) is 32.8. The number of aryl methyl sites for hydroxylation is 1. The molecular formula is C31H33N9O6. The van der Waals surface area contributed by atoms with Gasteiger partial charge in [-0.25, -0.2) is 4.68 Å². The van der Waals surface area contributed by atoms with Gasteiger partial charge in [-0.15, -0.1) is 5.10 Å². The highest BCUT2D eigenvalue weighted by atomic mass is 16.6. The van der Waals surface area contributed by atoms with Crippen LogP contribution in [0.5, 0.6) is 5.75 Å². The SMILES string of the molecule is COc1ccccc1-c1nnn(C)c1C(=O)NCCN=C1C=C(NC(=O)C2=CCC(N3CCCC3=O)C=C2)C([N+](=O)[O-])CC1C#N. The van der Waals surface area contributed by atoms with Crippen molar-refractivity contribution in [2.75, 3.05) is 26.7 Å². The number of benzene rings is 1. The second kappa shape index (κ2) is 14.0. The largest absolute Gasteiger partial charge is 0.496 e. The molecule has 15 heteroatoms. The number of nitrogens with one attached hydrogen (secondary N) is 2. The molecule has 1 aromatic carbocycles. The topological polar surface area (TPSA) is 198 Å². The van der Waals surface area contributed by atoms with Gasteiger partial charge >= 0.3 is 0 Å². The first-order valence-corrected chi connectivity index (χ1v) is 14.8. The molecule has 46 heavy (non-hydrogen) atoms. The summed E-state index contributed by atoms with van der Waals surface area (Å²) in [5.74, 6) is -1.24. The number of nitrogens with zero attached hydrogens (tertiary/aromatic N) is 7. The average molecular weight is 628 g/mol. The van der Waals surface area contributed by atoms with Crippen LogP contribution in [0.2, 0.25) is 0 Å². The molecule has 0 radical (unpaired) electrons. The van der Waals surface area contributed by atoms with E-state index >= 15 is 0 Å². The summed E-state index contributed by atoms with van der Waals surface area (Å²) in [5.41, 5.74) is 1.78. The third kappa shape index (κ3) is 6.70. The fraction of sp³-hybridized carbons (Fsp3) is 0.387. The van der Waals surface area contributed by atoms with Gasteiger partial charge in [-0.1, -0.05) is 35.6 Å². The molecule has 2 aliphatic carbocycles. The maximum atomic E-state index is 13.1. The fourth-order valence-corrected chi connectivity index (χ4v) is 5.72. The quantitative estimate of drug-likeness (QED) is 0.224. The second-order valence-corrected chi connectivity index (χ2v) is 11.0. The lowest BCUT2D eigenvalue weighted by Crippen LogP contribution is -2.41. The van der Waals surface area contributed by atoms with Crippen LogP contribution < -0.4 is 15.4 Å². The number of aliphatic imine (C=N–C) groups is 1. The normalized spacial score (nSPS) is 21.8. The molecule has 238 valence electrons. The molecule has 2 N–H and O–H groups in total. The molecule has 1 fully saturated rings. The summed E-state index contributed by atoms with van der Waals surface area (Å²) < 4.78 is 6.76. The molecular weight excluding hydrogens is 594 g/mol. The van der Waals surface area contributed by atoms with Crippen LogP contribution in [0.4, 0.5) is 0 Å². The molecule has 1 saturated heterocycles. The number of nitriles is 1. The number of aromatic nitrogens is 3. The van der Waals surface area contributed by atoms with Crippen molar-refractivity contribution < 1.29 is 24.0 Å². The molecule has 2 heterocycles. The van der Waals surface area contributed by atoms with Crippen LogP contribution in [0.25, 0.3) is 11.3 Å². The molecule has 3 unspecified atom stereocenters. The van der Waals surface area contributed by atoms with Gasteiger partial charge < -0.3 is 20.3 Å². The Hall–Kier alpha value is -5.65. The molecule has 15 nitrogen and oxygen atoms in total. The van der Waals surface area contributed by atoms with Crippen LogP contribution in [0, 0.1) is 27.4 Å². The lowest BCUT2D eigenvalue weighted by atomic mass is 9.88. The minimum absolute atomic E-state index is 0.0258. The number of methoxy groups -OCH3 is 1.